The van der Waals surface area contributed by atoms with E-state index in [0.717, 1.165) is 35.0 Å². The molecular formula is C20H23NO2S. The molecule has 1 saturated heterocycles. The van der Waals surface area contributed by atoms with Gasteiger partial charge in [0.1, 0.15) is 17.3 Å². The molecule has 1 heterocycles. The first-order chi connectivity index (χ1) is 11.6. The molecule has 0 bridgehead atoms. The lowest BCUT2D eigenvalue weighted by atomic mass is 10.1. The predicted molar refractivity (Wildman–Crippen MR) is 100 cm³/mol. The third-order valence-electron chi connectivity index (χ3n) is 4.04. The van der Waals surface area contributed by atoms with Crippen LogP contribution in [0, 0.1) is 0 Å². The van der Waals surface area contributed by atoms with Crippen LogP contribution in [0.2, 0.25) is 0 Å². The van der Waals surface area contributed by atoms with Crippen molar-refractivity contribution in [3.8, 4) is 5.75 Å². The summed E-state index contributed by atoms with van der Waals surface area (Å²) in [5, 5.41) is 0. The Kier molecular flexibility index (Phi) is 5.48. The van der Waals surface area contributed by atoms with Crippen LogP contribution < -0.4 is 4.74 Å². The fourth-order valence-electron chi connectivity index (χ4n) is 2.99. The Labute approximate surface area is 149 Å². The number of morpholine rings is 1. The molecule has 0 spiro atoms. The number of hydrogen-bond donors (Lipinski definition) is 0. The minimum atomic E-state index is 0.198. The maximum atomic E-state index is 5.91. The second kappa shape index (κ2) is 7.77. The smallest absolute Gasteiger partial charge is 0.120 e. The van der Waals surface area contributed by atoms with Crippen LogP contribution in [0.5, 0.6) is 5.75 Å². The van der Waals surface area contributed by atoms with Crippen LogP contribution in [-0.4, -0.2) is 35.2 Å². The molecule has 24 heavy (non-hydrogen) atoms. The van der Waals surface area contributed by atoms with Gasteiger partial charge in [-0.1, -0.05) is 54.7 Å². The average Bonchev–Trinajstić information content (AvgIpc) is 2.59. The summed E-state index contributed by atoms with van der Waals surface area (Å²) in [5.74, 6) is 0.841. The highest BCUT2D eigenvalue weighted by molar-refractivity contribution is 7.80. The number of nitrogens with zero attached hydrogens (tertiary/aromatic N) is 1. The number of ether oxygens (including phenoxy) is 2. The van der Waals surface area contributed by atoms with Crippen LogP contribution in [0.4, 0.5) is 0 Å². The molecular weight excluding hydrogens is 318 g/mol. The minimum Gasteiger partial charge on any atom is -0.489 e. The third-order valence-corrected chi connectivity index (χ3v) is 4.53. The van der Waals surface area contributed by atoms with Gasteiger partial charge in [-0.2, -0.15) is 0 Å². The standard InChI is InChI=1S/C20H23NO2S/c1-15-12-21(13-16(2)23-15)20(24)18-9-6-10-19(11-18)22-14-17-7-4-3-5-8-17/h3-11,15-16H,12-14H2,1-2H3. The van der Waals surface area contributed by atoms with E-state index >= 15 is 0 Å². The van der Waals surface area contributed by atoms with Crippen LogP contribution in [0.15, 0.2) is 54.6 Å². The average molecular weight is 341 g/mol. The first-order valence-corrected chi connectivity index (χ1v) is 8.74. The Morgan fingerprint density at radius 3 is 2.50 bits per heavy atom. The summed E-state index contributed by atoms with van der Waals surface area (Å²) in [5.41, 5.74) is 2.18. The largest absolute Gasteiger partial charge is 0.489 e. The van der Waals surface area contributed by atoms with Crippen molar-refractivity contribution in [2.75, 3.05) is 13.1 Å². The fraction of sp³-hybridized carbons (Fsp3) is 0.350. The van der Waals surface area contributed by atoms with Crippen molar-refractivity contribution in [1.29, 1.82) is 0 Å². The molecule has 2 atom stereocenters. The van der Waals surface area contributed by atoms with E-state index in [9.17, 15) is 0 Å². The van der Waals surface area contributed by atoms with E-state index in [0.29, 0.717) is 6.61 Å². The molecule has 0 aromatic heterocycles. The lowest BCUT2D eigenvalue weighted by Crippen LogP contribution is -2.47. The van der Waals surface area contributed by atoms with E-state index < -0.39 is 0 Å². The highest BCUT2D eigenvalue weighted by Gasteiger charge is 2.24. The maximum absolute atomic E-state index is 5.91. The summed E-state index contributed by atoms with van der Waals surface area (Å²) < 4.78 is 11.7. The van der Waals surface area contributed by atoms with Crippen LogP contribution >= 0.6 is 12.2 Å². The molecule has 0 amide bonds. The first-order valence-electron chi connectivity index (χ1n) is 8.33. The molecule has 1 fully saturated rings. The number of hydrogen-bond acceptors (Lipinski definition) is 3. The summed E-state index contributed by atoms with van der Waals surface area (Å²) in [6.45, 7) is 6.40. The fourth-order valence-corrected chi connectivity index (χ4v) is 3.26. The van der Waals surface area contributed by atoms with E-state index in [4.69, 9.17) is 21.7 Å². The summed E-state index contributed by atoms with van der Waals surface area (Å²) in [7, 11) is 0. The maximum Gasteiger partial charge on any atom is 0.120 e. The van der Waals surface area contributed by atoms with Gasteiger partial charge in [-0.3, -0.25) is 0 Å². The van der Waals surface area contributed by atoms with Gasteiger partial charge in [0.25, 0.3) is 0 Å². The molecule has 3 nitrogen and oxygen atoms in total. The first kappa shape index (κ1) is 16.9. The Hall–Kier alpha value is -1.91. The molecule has 4 heteroatoms. The van der Waals surface area contributed by atoms with E-state index in [1.807, 2.05) is 42.5 Å². The Balaban J connectivity index is 1.67. The van der Waals surface area contributed by atoms with E-state index in [1.165, 1.54) is 0 Å². The molecule has 0 radical (unpaired) electrons. The monoisotopic (exact) mass is 341 g/mol. The minimum absolute atomic E-state index is 0.198. The van der Waals surface area contributed by atoms with Crippen LogP contribution in [-0.2, 0) is 11.3 Å². The molecule has 0 N–H and O–H groups in total. The molecule has 1 aliphatic heterocycles. The second-order valence-corrected chi connectivity index (χ2v) is 6.66. The van der Waals surface area contributed by atoms with Gasteiger partial charge in [0.15, 0.2) is 0 Å². The van der Waals surface area contributed by atoms with Gasteiger partial charge in [0.2, 0.25) is 0 Å². The third kappa shape index (κ3) is 4.34. The summed E-state index contributed by atoms with van der Waals surface area (Å²) >= 11 is 5.70. The van der Waals surface area contributed by atoms with Gasteiger partial charge in [0.05, 0.1) is 12.2 Å². The molecule has 2 aromatic rings. The second-order valence-electron chi connectivity index (χ2n) is 6.27. The Bertz CT molecular complexity index is 679. The van der Waals surface area contributed by atoms with Gasteiger partial charge in [0, 0.05) is 18.7 Å². The van der Waals surface area contributed by atoms with Crippen molar-refractivity contribution in [3.05, 3.63) is 65.7 Å². The highest BCUT2D eigenvalue weighted by Crippen LogP contribution is 2.20. The van der Waals surface area contributed by atoms with Gasteiger partial charge < -0.3 is 14.4 Å². The van der Waals surface area contributed by atoms with Crippen LogP contribution in [0.3, 0.4) is 0 Å². The van der Waals surface area contributed by atoms with Gasteiger partial charge >= 0.3 is 0 Å². The zero-order valence-electron chi connectivity index (χ0n) is 14.1. The van der Waals surface area contributed by atoms with Gasteiger partial charge in [-0.15, -0.1) is 0 Å². The topological polar surface area (TPSA) is 21.7 Å². The van der Waals surface area contributed by atoms with Crippen LogP contribution in [0.25, 0.3) is 0 Å². The Morgan fingerprint density at radius 2 is 1.79 bits per heavy atom. The van der Waals surface area contributed by atoms with Crippen molar-refractivity contribution in [3.63, 3.8) is 0 Å². The molecule has 2 aromatic carbocycles. The van der Waals surface area contributed by atoms with Crippen molar-refractivity contribution < 1.29 is 9.47 Å². The molecule has 0 aliphatic carbocycles. The molecule has 0 saturated carbocycles. The number of benzene rings is 2. The lowest BCUT2D eigenvalue weighted by Gasteiger charge is -2.37. The van der Waals surface area contributed by atoms with E-state index in [2.05, 4.69) is 30.9 Å². The summed E-state index contributed by atoms with van der Waals surface area (Å²) in [4.78, 5) is 3.09. The van der Waals surface area contributed by atoms with Crippen LogP contribution in [0.1, 0.15) is 25.0 Å². The number of rotatable bonds is 4. The van der Waals surface area contributed by atoms with Crippen molar-refractivity contribution in [2.24, 2.45) is 0 Å². The SMILES string of the molecule is CC1CN(C(=S)c2cccc(OCc3ccccc3)c2)CC(C)O1. The van der Waals surface area contributed by atoms with Gasteiger partial charge in [-0.25, -0.2) is 0 Å². The zero-order chi connectivity index (χ0) is 16.9. The lowest BCUT2D eigenvalue weighted by molar-refractivity contribution is -0.0472. The molecule has 126 valence electrons. The Morgan fingerprint density at radius 1 is 1.08 bits per heavy atom. The molecule has 2 unspecified atom stereocenters. The number of thiocarbonyl (C=S) groups is 1. The normalized spacial score (nSPS) is 20.7. The van der Waals surface area contributed by atoms with E-state index in [1.54, 1.807) is 0 Å². The van der Waals surface area contributed by atoms with Crippen molar-refractivity contribution >= 4 is 17.2 Å². The van der Waals surface area contributed by atoms with Crippen molar-refractivity contribution in [1.82, 2.24) is 4.90 Å². The zero-order valence-corrected chi connectivity index (χ0v) is 15.0. The molecule has 3 rings (SSSR count). The molecule has 1 aliphatic rings. The van der Waals surface area contributed by atoms with E-state index in [-0.39, 0.29) is 12.2 Å². The summed E-state index contributed by atoms with van der Waals surface area (Å²) in [6.07, 6.45) is 0.397. The summed E-state index contributed by atoms with van der Waals surface area (Å²) in [6, 6.07) is 18.2. The van der Waals surface area contributed by atoms with Gasteiger partial charge in [-0.05, 0) is 31.5 Å². The predicted octanol–water partition coefficient (Wildman–Crippen LogP) is 4.05. The van der Waals surface area contributed by atoms with Crippen molar-refractivity contribution in [2.45, 2.75) is 32.7 Å². The highest BCUT2D eigenvalue weighted by atomic mass is 32.1. The quantitative estimate of drug-likeness (QED) is 0.782.